The van der Waals surface area contributed by atoms with Crippen LogP contribution in [0.3, 0.4) is 0 Å². The lowest BCUT2D eigenvalue weighted by Gasteiger charge is -2.24. The molecule has 0 aromatic heterocycles. The van der Waals surface area contributed by atoms with Crippen LogP contribution < -0.4 is 10.6 Å². The van der Waals surface area contributed by atoms with Gasteiger partial charge in [-0.3, -0.25) is 4.79 Å². The van der Waals surface area contributed by atoms with Crippen LogP contribution in [0.5, 0.6) is 0 Å². The summed E-state index contributed by atoms with van der Waals surface area (Å²) in [4.78, 5) is 11.8. The first-order valence-electron chi connectivity index (χ1n) is 6.31. The van der Waals surface area contributed by atoms with Crippen LogP contribution in [0, 0.1) is 5.92 Å². The van der Waals surface area contributed by atoms with Crippen LogP contribution in [-0.2, 0) is 11.3 Å². The normalized spacial score (nSPS) is 14.5. The molecule has 0 heterocycles. The fourth-order valence-electron chi connectivity index (χ4n) is 2.13. The number of halogens is 1. The first-order chi connectivity index (χ1) is 8.28. The van der Waals surface area contributed by atoms with Crippen molar-refractivity contribution < 1.29 is 4.79 Å². The summed E-state index contributed by atoms with van der Waals surface area (Å²) >= 11 is 0. The van der Waals surface area contributed by atoms with Crippen molar-refractivity contribution in [2.45, 2.75) is 32.2 Å². The molecule has 1 saturated carbocycles. The second-order valence-corrected chi connectivity index (χ2v) is 4.78. The minimum Gasteiger partial charge on any atom is -0.326 e. The van der Waals surface area contributed by atoms with Gasteiger partial charge in [-0.2, -0.15) is 0 Å². The molecule has 1 aromatic carbocycles. The van der Waals surface area contributed by atoms with E-state index in [0.717, 1.165) is 12.2 Å². The first-order valence-corrected chi connectivity index (χ1v) is 6.31. The van der Waals surface area contributed by atoms with Crippen molar-refractivity contribution in [3.05, 3.63) is 29.8 Å². The van der Waals surface area contributed by atoms with Gasteiger partial charge in [-0.1, -0.05) is 18.6 Å². The molecule has 3 nitrogen and oxygen atoms in total. The fraction of sp³-hybridized carbons (Fsp3) is 0.500. The maximum Gasteiger partial charge on any atom is 0.224 e. The SMILES string of the molecule is CNCc1cccc(NC(=O)CC2CCC2)c1.Cl. The lowest BCUT2D eigenvalue weighted by Crippen LogP contribution is -2.20. The molecule has 0 bridgehead atoms. The predicted molar refractivity (Wildman–Crippen MR) is 77.0 cm³/mol. The molecule has 0 atom stereocenters. The van der Waals surface area contributed by atoms with Gasteiger partial charge < -0.3 is 10.6 Å². The van der Waals surface area contributed by atoms with Gasteiger partial charge in [0.25, 0.3) is 0 Å². The van der Waals surface area contributed by atoms with Crippen molar-refractivity contribution >= 4 is 24.0 Å². The van der Waals surface area contributed by atoms with Gasteiger partial charge in [-0.05, 0) is 43.5 Å². The van der Waals surface area contributed by atoms with Crippen molar-refractivity contribution in [1.29, 1.82) is 0 Å². The third-order valence-electron chi connectivity index (χ3n) is 3.29. The lowest BCUT2D eigenvalue weighted by atomic mass is 9.83. The number of rotatable bonds is 5. The maximum atomic E-state index is 11.8. The van der Waals surface area contributed by atoms with Gasteiger partial charge in [0.05, 0.1) is 0 Å². The van der Waals surface area contributed by atoms with Crippen molar-refractivity contribution in [3.63, 3.8) is 0 Å². The van der Waals surface area contributed by atoms with Crippen molar-refractivity contribution in [1.82, 2.24) is 5.32 Å². The van der Waals surface area contributed by atoms with Crippen LogP contribution in [0.15, 0.2) is 24.3 Å². The van der Waals surface area contributed by atoms with Gasteiger partial charge in [0, 0.05) is 18.7 Å². The number of nitrogens with one attached hydrogen (secondary N) is 2. The molecule has 0 aliphatic heterocycles. The molecule has 2 rings (SSSR count). The molecule has 1 amide bonds. The van der Waals surface area contributed by atoms with E-state index in [9.17, 15) is 4.79 Å². The Balaban J connectivity index is 0.00000162. The Bertz CT molecular complexity index is 391. The summed E-state index contributed by atoms with van der Waals surface area (Å²) in [5.41, 5.74) is 2.09. The molecular formula is C14H21ClN2O. The summed E-state index contributed by atoms with van der Waals surface area (Å²) in [6, 6.07) is 8.00. The van der Waals surface area contributed by atoms with Crippen LogP contribution in [0.1, 0.15) is 31.2 Å². The molecule has 18 heavy (non-hydrogen) atoms. The van der Waals surface area contributed by atoms with E-state index >= 15 is 0 Å². The highest BCUT2D eigenvalue weighted by molar-refractivity contribution is 5.90. The number of anilines is 1. The van der Waals surface area contributed by atoms with Crippen LogP contribution >= 0.6 is 12.4 Å². The van der Waals surface area contributed by atoms with E-state index in [1.165, 1.54) is 24.8 Å². The zero-order valence-electron chi connectivity index (χ0n) is 10.7. The second kappa shape index (κ2) is 7.39. The highest BCUT2D eigenvalue weighted by Crippen LogP contribution is 2.29. The number of hydrogen-bond acceptors (Lipinski definition) is 2. The van der Waals surface area contributed by atoms with Crippen molar-refractivity contribution in [2.24, 2.45) is 5.92 Å². The van der Waals surface area contributed by atoms with Gasteiger partial charge in [-0.25, -0.2) is 0 Å². The average molecular weight is 269 g/mol. The average Bonchev–Trinajstić information content (AvgIpc) is 2.25. The van der Waals surface area contributed by atoms with Gasteiger partial charge in [-0.15, -0.1) is 12.4 Å². The highest BCUT2D eigenvalue weighted by Gasteiger charge is 2.20. The van der Waals surface area contributed by atoms with E-state index in [0.29, 0.717) is 12.3 Å². The molecule has 0 unspecified atom stereocenters. The highest BCUT2D eigenvalue weighted by atomic mass is 35.5. The molecule has 1 aromatic rings. The summed E-state index contributed by atoms with van der Waals surface area (Å²) in [5, 5.41) is 6.08. The van der Waals surface area contributed by atoms with Crippen LogP contribution in [0.25, 0.3) is 0 Å². The fourth-order valence-corrected chi connectivity index (χ4v) is 2.13. The maximum absolute atomic E-state index is 11.8. The summed E-state index contributed by atoms with van der Waals surface area (Å²) in [6.07, 6.45) is 4.40. The monoisotopic (exact) mass is 268 g/mol. The minimum atomic E-state index is 0. The van der Waals surface area contributed by atoms with Gasteiger partial charge in [0.2, 0.25) is 5.91 Å². The summed E-state index contributed by atoms with van der Waals surface area (Å²) in [7, 11) is 1.92. The Kier molecular flexibility index (Phi) is 6.16. The van der Waals surface area contributed by atoms with E-state index < -0.39 is 0 Å². The number of hydrogen-bond donors (Lipinski definition) is 2. The molecule has 0 radical (unpaired) electrons. The molecule has 0 saturated heterocycles. The largest absolute Gasteiger partial charge is 0.326 e. The standard InChI is InChI=1S/C14H20N2O.ClH/c1-15-10-12-6-3-7-13(8-12)16-14(17)9-11-4-2-5-11;/h3,6-8,11,15H,2,4-5,9-10H2,1H3,(H,16,17);1H. The Labute approximate surface area is 115 Å². The van der Waals surface area contributed by atoms with Crippen LogP contribution in [0.2, 0.25) is 0 Å². The smallest absolute Gasteiger partial charge is 0.224 e. The van der Waals surface area contributed by atoms with E-state index in [2.05, 4.69) is 16.7 Å². The zero-order chi connectivity index (χ0) is 12.1. The first kappa shape index (κ1) is 15.0. The third-order valence-corrected chi connectivity index (χ3v) is 3.29. The summed E-state index contributed by atoms with van der Waals surface area (Å²) in [5.74, 6) is 0.770. The van der Waals surface area contributed by atoms with E-state index in [1.807, 2.05) is 25.2 Å². The quantitative estimate of drug-likeness (QED) is 0.862. The van der Waals surface area contributed by atoms with Gasteiger partial charge in [0.15, 0.2) is 0 Å². The number of carbonyl (C=O) groups is 1. The van der Waals surface area contributed by atoms with Crippen LogP contribution in [0.4, 0.5) is 5.69 Å². The summed E-state index contributed by atoms with van der Waals surface area (Å²) in [6.45, 7) is 0.826. The molecule has 1 fully saturated rings. The van der Waals surface area contributed by atoms with E-state index in [4.69, 9.17) is 0 Å². The molecular weight excluding hydrogens is 248 g/mol. The van der Waals surface area contributed by atoms with Gasteiger partial charge in [0.1, 0.15) is 0 Å². The lowest BCUT2D eigenvalue weighted by molar-refractivity contribution is -0.117. The third kappa shape index (κ3) is 4.31. The molecule has 4 heteroatoms. The van der Waals surface area contributed by atoms with E-state index in [-0.39, 0.29) is 18.3 Å². The zero-order valence-corrected chi connectivity index (χ0v) is 11.6. The molecule has 100 valence electrons. The van der Waals surface area contributed by atoms with Crippen LogP contribution in [-0.4, -0.2) is 13.0 Å². The Morgan fingerprint density at radius 3 is 2.78 bits per heavy atom. The topological polar surface area (TPSA) is 41.1 Å². The molecule has 0 spiro atoms. The minimum absolute atomic E-state index is 0. The molecule has 2 N–H and O–H groups in total. The Morgan fingerprint density at radius 2 is 2.17 bits per heavy atom. The number of amides is 1. The van der Waals surface area contributed by atoms with E-state index in [1.54, 1.807) is 0 Å². The Morgan fingerprint density at radius 1 is 1.39 bits per heavy atom. The Hall–Kier alpha value is -1.06. The van der Waals surface area contributed by atoms with Gasteiger partial charge >= 0.3 is 0 Å². The van der Waals surface area contributed by atoms with Crippen molar-refractivity contribution in [3.8, 4) is 0 Å². The number of benzene rings is 1. The van der Waals surface area contributed by atoms with Crippen molar-refractivity contribution in [2.75, 3.05) is 12.4 Å². The summed E-state index contributed by atoms with van der Waals surface area (Å²) < 4.78 is 0. The predicted octanol–water partition coefficient (Wildman–Crippen LogP) is 2.96. The molecule has 1 aliphatic rings. The number of carbonyl (C=O) groups excluding carboxylic acids is 1. The molecule has 1 aliphatic carbocycles. The second-order valence-electron chi connectivity index (χ2n) is 4.78.